The minimum Gasteiger partial charge on any atom is -0.496 e. The van der Waals surface area contributed by atoms with Crippen molar-refractivity contribution in [3.05, 3.63) is 29.8 Å². The minimum absolute atomic E-state index is 0.237. The van der Waals surface area contributed by atoms with E-state index in [9.17, 15) is 0 Å². The molecule has 2 heteroatoms. The second-order valence-corrected chi connectivity index (χ2v) is 3.01. The van der Waals surface area contributed by atoms with E-state index in [0.717, 1.165) is 11.3 Å². The first kappa shape index (κ1) is 9.60. The quantitative estimate of drug-likeness (QED) is 0.707. The molecule has 0 fully saturated rings. The van der Waals surface area contributed by atoms with E-state index in [1.807, 2.05) is 31.2 Å². The number of ether oxygens (including phenoxy) is 1. The van der Waals surface area contributed by atoms with Crippen LogP contribution >= 0.6 is 0 Å². The molecule has 0 heterocycles. The SMILES string of the molecule is COc1ccccc1C(C)CC#N. The molecule has 1 atom stereocenters. The lowest BCUT2D eigenvalue weighted by Gasteiger charge is -2.11. The molecule has 68 valence electrons. The zero-order chi connectivity index (χ0) is 9.68. The minimum atomic E-state index is 0.237. The molecule has 0 amide bonds. The topological polar surface area (TPSA) is 33.0 Å². The molecule has 2 nitrogen and oxygen atoms in total. The number of rotatable bonds is 3. The highest BCUT2D eigenvalue weighted by molar-refractivity contribution is 5.36. The average Bonchev–Trinajstić information content (AvgIpc) is 2.18. The van der Waals surface area contributed by atoms with Crippen LogP contribution in [-0.4, -0.2) is 7.11 Å². The molecule has 0 aliphatic carbocycles. The van der Waals surface area contributed by atoms with Crippen molar-refractivity contribution in [3.63, 3.8) is 0 Å². The fourth-order valence-corrected chi connectivity index (χ4v) is 1.32. The molecule has 0 N–H and O–H groups in total. The van der Waals surface area contributed by atoms with Crippen LogP contribution < -0.4 is 4.74 Å². The van der Waals surface area contributed by atoms with Crippen molar-refractivity contribution in [2.75, 3.05) is 7.11 Å². The molecule has 1 aromatic carbocycles. The lowest BCUT2D eigenvalue weighted by Crippen LogP contribution is -1.96. The zero-order valence-electron chi connectivity index (χ0n) is 7.95. The van der Waals surface area contributed by atoms with Crippen molar-refractivity contribution in [2.45, 2.75) is 19.3 Å². The maximum absolute atomic E-state index is 8.57. The first-order valence-electron chi connectivity index (χ1n) is 4.29. The van der Waals surface area contributed by atoms with Gasteiger partial charge in [0.05, 0.1) is 13.2 Å². The predicted molar refractivity (Wildman–Crippen MR) is 51.6 cm³/mol. The molecular formula is C11H13NO. The van der Waals surface area contributed by atoms with Crippen molar-refractivity contribution in [1.82, 2.24) is 0 Å². The van der Waals surface area contributed by atoms with Crippen LogP contribution in [0.5, 0.6) is 5.75 Å². The van der Waals surface area contributed by atoms with Gasteiger partial charge in [-0.3, -0.25) is 0 Å². The van der Waals surface area contributed by atoms with Gasteiger partial charge in [-0.1, -0.05) is 25.1 Å². The molecule has 1 rings (SSSR count). The maximum atomic E-state index is 8.57. The summed E-state index contributed by atoms with van der Waals surface area (Å²) in [5.41, 5.74) is 1.10. The first-order valence-corrected chi connectivity index (χ1v) is 4.29. The van der Waals surface area contributed by atoms with Gasteiger partial charge in [0.2, 0.25) is 0 Å². The number of hydrogen-bond acceptors (Lipinski definition) is 2. The molecule has 0 aromatic heterocycles. The monoisotopic (exact) mass is 175 g/mol. The van der Waals surface area contributed by atoms with Crippen LogP contribution in [0.2, 0.25) is 0 Å². The second kappa shape index (κ2) is 4.51. The summed E-state index contributed by atoms with van der Waals surface area (Å²) in [5.74, 6) is 1.10. The average molecular weight is 175 g/mol. The standard InChI is InChI=1S/C11H13NO/c1-9(7-8-12)10-5-3-4-6-11(10)13-2/h3-6,9H,7H2,1-2H3. The summed E-state index contributed by atoms with van der Waals surface area (Å²) in [7, 11) is 1.65. The third kappa shape index (κ3) is 2.22. The van der Waals surface area contributed by atoms with Crippen molar-refractivity contribution in [3.8, 4) is 11.8 Å². The number of para-hydroxylation sites is 1. The second-order valence-electron chi connectivity index (χ2n) is 3.01. The maximum Gasteiger partial charge on any atom is 0.122 e. The lowest BCUT2D eigenvalue weighted by atomic mass is 9.98. The van der Waals surface area contributed by atoms with Crippen LogP contribution in [-0.2, 0) is 0 Å². The van der Waals surface area contributed by atoms with E-state index in [0.29, 0.717) is 6.42 Å². The van der Waals surface area contributed by atoms with E-state index in [2.05, 4.69) is 6.07 Å². The van der Waals surface area contributed by atoms with E-state index >= 15 is 0 Å². The lowest BCUT2D eigenvalue weighted by molar-refractivity contribution is 0.406. The van der Waals surface area contributed by atoms with Crippen LogP contribution in [0.1, 0.15) is 24.8 Å². The van der Waals surface area contributed by atoms with Crippen molar-refractivity contribution >= 4 is 0 Å². The number of methoxy groups -OCH3 is 1. The van der Waals surface area contributed by atoms with E-state index in [4.69, 9.17) is 10.00 Å². The van der Waals surface area contributed by atoms with Gasteiger partial charge in [0.25, 0.3) is 0 Å². The normalized spacial score (nSPS) is 11.8. The third-order valence-electron chi connectivity index (χ3n) is 2.07. The van der Waals surface area contributed by atoms with Crippen LogP contribution in [0.15, 0.2) is 24.3 Å². The predicted octanol–water partition coefficient (Wildman–Crippen LogP) is 2.71. The highest BCUT2D eigenvalue weighted by atomic mass is 16.5. The van der Waals surface area contributed by atoms with Gasteiger partial charge in [0, 0.05) is 6.42 Å². The number of benzene rings is 1. The molecule has 0 aliphatic heterocycles. The molecule has 13 heavy (non-hydrogen) atoms. The van der Waals surface area contributed by atoms with Crippen LogP contribution in [0, 0.1) is 11.3 Å². The van der Waals surface area contributed by atoms with Gasteiger partial charge in [0.1, 0.15) is 5.75 Å². The summed E-state index contributed by atoms with van der Waals surface area (Å²) < 4.78 is 5.20. The van der Waals surface area contributed by atoms with Crippen molar-refractivity contribution in [2.24, 2.45) is 0 Å². The van der Waals surface area contributed by atoms with Crippen molar-refractivity contribution < 1.29 is 4.74 Å². The Morgan fingerprint density at radius 3 is 2.77 bits per heavy atom. The summed E-state index contributed by atoms with van der Waals surface area (Å²) in [6.07, 6.45) is 0.528. The summed E-state index contributed by atoms with van der Waals surface area (Å²) in [4.78, 5) is 0. The molecule has 0 saturated carbocycles. The molecule has 0 spiro atoms. The van der Waals surface area contributed by atoms with Gasteiger partial charge in [-0.25, -0.2) is 0 Å². The highest BCUT2D eigenvalue weighted by Crippen LogP contribution is 2.27. The number of nitrogens with zero attached hydrogens (tertiary/aromatic N) is 1. The van der Waals surface area contributed by atoms with Gasteiger partial charge in [0.15, 0.2) is 0 Å². The fourth-order valence-electron chi connectivity index (χ4n) is 1.32. The fraction of sp³-hybridized carbons (Fsp3) is 0.364. The summed E-state index contributed by atoms with van der Waals surface area (Å²) in [6, 6.07) is 9.98. The summed E-state index contributed by atoms with van der Waals surface area (Å²) >= 11 is 0. The molecule has 0 saturated heterocycles. The van der Waals surface area contributed by atoms with E-state index in [1.165, 1.54) is 0 Å². The van der Waals surface area contributed by atoms with Crippen LogP contribution in [0.25, 0.3) is 0 Å². The third-order valence-corrected chi connectivity index (χ3v) is 2.07. The van der Waals surface area contributed by atoms with Gasteiger partial charge in [-0.2, -0.15) is 5.26 Å². The van der Waals surface area contributed by atoms with Gasteiger partial charge < -0.3 is 4.74 Å². The summed E-state index contributed by atoms with van der Waals surface area (Å²) in [6.45, 7) is 2.03. The Kier molecular flexibility index (Phi) is 3.33. The van der Waals surface area contributed by atoms with E-state index in [1.54, 1.807) is 7.11 Å². The Morgan fingerprint density at radius 1 is 1.46 bits per heavy atom. The molecule has 1 unspecified atom stereocenters. The van der Waals surface area contributed by atoms with Gasteiger partial charge >= 0.3 is 0 Å². The van der Waals surface area contributed by atoms with Gasteiger partial charge in [-0.05, 0) is 17.5 Å². The van der Waals surface area contributed by atoms with Crippen LogP contribution in [0.3, 0.4) is 0 Å². The van der Waals surface area contributed by atoms with E-state index in [-0.39, 0.29) is 5.92 Å². The van der Waals surface area contributed by atoms with E-state index < -0.39 is 0 Å². The number of nitriles is 1. The smallest absolute Gasteiger partial charge is 0.122 e. The van der Waals surface area contributed by atoms with Crippen LogP contribution in [0.4, 0.5) is 0 Å². The Labute approximate surface area is 78.8 Å². The first-order chi connectivity index (χ1) is 6.29. The molecule has 0 bridgehead atoms. The Balaban J connectivity index is 2.93. The largest absolute Gasteiger partial charge is 0.496 e. The molecule has 0 aliphatic rings. The zero-order valence-corrected chi connectivity index (χ0v) is 7.95. The molecule has 1 aromatic rings. The Bertz CT molecular complexity index is 314. The Morgan fingerprint density at radius 2 is 2.15 bits per heavy atom. The number of hydrogen-bond donors (Lipinski definition) is 0. The summed E-state index contributed by atoms with van der Waals surface area (Å²) in [5, 5.41) is 8.57. The Hall–Kier alpha value is -1.49. The highest BCUT2D eigenvalue weighted by Gasteiger charge is 2.09. The van der Waals surface area contributed by atoms with Gasteiger partial charge in [-0.15, -0.1) is 0 Å². The van der Waals surface area contributed by atoms with Crippen molar-refractivity contribution in [1.29, 1.82) is 5.26 Å². The molecular weight excluding hydrogens is 162 g/mol. The molecule has 0 radical (unpaired) electrons.